The van der Waals surface area contributed by atoms with Gasteiger partial charge in [0.05, 0.1) is 23.8 Å². The van der Waals surface area contributed by atoms with Crippen LogP contribution in [0.2, 0.25) is 0 Å². The van der Waals surface area contributed by atoms with Crippen molar-refractivity contribution in [2.45, 2.75) is 12.6 Å². The molecule has 92 valence electrons. The standard InChI is InChI=1S/C8H11N3OS2.2ClH/c12-8(7-3-14-5-11-7)9-1-6-2-13-4-10-6;;/h2,4,7,11H,1,3,5H2,(H,9,12);2*1H. The molecule has 1 atom stereocenters. The summed E-state index contributed by atoms with van der Waals surface area (Å²) in [5.41, 5.74) is 2.69. The van der Waals surface area contributed by atoms with Crippen LogP contribution in [0.15, 0.2) is 10.9 Å². The van der Waals surface area contributed by atoms with Gasteiger partial charge in [-0.25, -0.2) is 4.98 Å². The Morgan fingerprint density at radius 3 is 3.00 bits per heavy atom. The van der Waals surface area contributed by atoms with E-state index in [1.54, 1.807) is 28.6 Å². The molecule has 0 bridgehead atoms. The van der Waals surface area contributed by atoms with E-state index in [0.29, 0.717) is 6.54 Å². The average Bonchev–Trinajstić information content (AvgIpc) is 2.87. The fourth-order valence-corrected chi connectivity index (χ4v) is 2.69. The minimum Gasteiger partial charge on any atom is -0.349 e. The van der Waals surface area contributed by atoms with Gasteiger partial charge in [0, 0.05) is 17.0 Å². The van der Waals surface area contributed by atoms with Crippen LogP contribution in [0.1, 0.15) is 5.69 Å². The highest BCUT2D eigenvalue weighted by molar-refractivity contribution is 7.99. The number of carbonyl (C=O) groups excluding carboxylic acids is 1. The van der Waals surface area contributed by atoms with E-state index in [1.165, 1.54) is 0 Å². The normalized spacial score (nSPS) is 18.4. The zero-order valence-corrected chi connectivity index (χ0v) is 11.6. The van der Waals surface area contributed by atoms with Gasteiger partial charge in [0.1, 0.15) is 0 Å². The maximum absolute atomic E-state index is 11.5. The molecular weight excluding hydrogens is 289 g/mol. The van der Waals surface area contributed by atoms with Crippen LogP contribution >= 0.6 is 47.9 Å². The van der Waals surface area contributed by atoms with Crippen LogP contribution in [0.4, 0.5) is 0 Å². The zero-order valence-electron chi connectivity index (χ0n) is 8.34. The molecule has 2 N–H and O–H groups in total. The van der Waals surface area contributed by atoms with E-state index in [2.05, 4.69) is 15.6 Å². The smallest absolute Gasteiger partial charge is 0.238 e. The van der Waals surface area contributed by atoms with Crippen LogP contribution in [0.25, 0.3) is 0 Å². The van der Waals surface area contributed by atoms with Crippen molar-refractivity contribution in [2.75, 3.05) is 11.6 Å². The van der Waals surface area contributed by atoms with Crippen LogP contribution in [0.5, 0.6) is 0 Å². The number of carbonyl (C=O) groups is 1. The molecule has 2 heterocycles. The van der Waals surface area contributed by atoms with E-state index in [1.807, 2.05) is 5.38 Å². The molecule has 8 heteroatoms. The second-order valence-electron chi connectivity index (χ2n) is 2.97. The Labute approximate surface area is 115 Å². The minimum atomic E-state index is -0.0290. The van der Waals surface area contributed by atoms with E-state index < -0.39 is 0 Å². The quantitative estimate of drug-likeness (QED) is 0.883. The van der Waals surface area contributed by atoms with Gasteiger partial charge in [-0.05, 0) is 0 Å². The Balaban J connectivity index is 0.00000112. The Morgan fingerprint density at radius 2 is 2.44 bits per heavy atom. The van der Waals surface area contributed by atoms with Crippen molar-refractivity contribution in [2.24, 2.45) is 0 Å². The maximum Gasteiger partial charge on any atom is 0.238 e. The zero-order chi connectivity index (χ0) is 9.80. The Kier molecular flexibility index (Phi) is 8.13. The van der Waals surface area contributed by atoms with E-state index in [4.69, 9.17) is 0 Å². The molecule has 0 aliphatic carbocycles. The molecule has 4 nitrogen and oxygen atoms in total. The minimum absolute atomic E-state index is 0. The number of thiazole rings is 1. The molecule has 1 aromatic rings. The summed E-state index contributed by atoms with van der Waals surface area (Å²) in [5, 5.41) is 7.92. The number of thioether (sulfide) groups is 1. The van der Waals surface area contributed by atoms with Crippen LogP contribution in [-0.2, 0) is 11.3 Å². The lowest BCUT2D eigenvalue weighted by Crippen LogP contribution is -2.41. The van der Waals surface area contributed by atoms with Crippen molar-refractivity contribution in [3.8, 4) is 0 Å². The number of nitrogens with zero attached hydrogens (tertiary/aromatic N) is 1. The molecule has 1 aromatic heterocycles. The maximum atomic E-state index is 11.5. The molecule has 0 aromatic carbocycles. The lowest BCUT2D eigenvalue weighted by atomic mass is 10.3. The monoisotopic (exact) mass is 301 g/mol. The number of nitrogens with one attached hydrogen (secondary N) is 2. The molecular formula is C8H13Cl2N3OS2. The summed E-state index contributed by atoms with van der Waals surface area (Å²) in [6, 6.07) is -0.0290. The summed E-state index contributed by atoms with van der Waals surface area (Å²) in [7, 11) is 0. The Hall–Kier alpha value is -0.0100. The molecule has 1 aliphatic heterocycles. The third kappa shape index (κ3) is 4.47. The topological polar surface area (TPSA) is 54.0 Å². The molecule has 0 saturated carbocycles. The van der Waals surface area contributed by atoms with E-state index in [0.717, 1.165) is 17.3 Å². The van der Waals surface area contributed by atoms with Gasteiger partial charge >= 0.3 is 0 Å². The van der Waals surface area contributed by atoms with Crippen molar-refractivity contribution in [1.82, 2.24) is 15.6 Å². The van der Waals surface area contributed by atoms with E-state index >= 15 is 0 Å². The summed E-state index contributed by atoms with van der Waals surface area (Å²) < 4.78 is 0. The molecule has 2 rings (SSSR count). The fraction of sp³-hybridized carbons (Fsp3) is 0.500. The number of rotatable bonds is 3. The van der Waals surface area contributed by atoms with Gasteiger partial charge < -0.3 is 5.32 Å². The van der Waals surface area contributed by atoms with Crippen molar-refractivity contribution in [1.29, 1.82) is 0 Å². The largest absolute Gasteiger partial charge is 0.349 e. The van der Waals surface area contributed by atoms with Crippen LogP contribution < -0.4 is 10.6 Å². The Morgan fingerprint density at radius 1 is 1.62 bits per heavy atom. The van der Waals surface area contributed by atoms with Crippen molar-refractivity contribution < 1.29 is 4.79 Å². The highest BCUT2D eigenvalue weighted by atomic mass is 35.5. The number of amides is 1. The molecule has 1 unspecified atom stereocenters. The number of halogens is 2. The van der Waals surface area contributed by atoms with Crippen molar-refractivity contribution in [3.63, 3.8) is 0 Å². The van der Waals surface area contributed by atoms with Crippen LogP contribution in [-0.4, -0.2) is 28.6 Å². The summed E-state index contributed by atoms with van der Waals surface area (Å²) in [5.74, 6) is 1.81. The van der Waals surface area contributed by atoms with Crippen molar-refractivity contribution >= 4 is 53.8 Å². The lowest BCUT2D eigenvalue weighted by molar-refractivity contribution is -0.122. The lowest BCUT2D eigenvalue weighted by Gasteiger charge is -2.08. The third-order valence-electron chi connectivity index (χ3n) is 1.96. The van der Waals surface area contributed by atoms with Crippen molar-refractivity contribution in [3.05, 3.63) is 16.6 Å². The molecule has 16 heavy (non-hydrogen) atoms. The summed E-state index contributed by atoms with van der Waals surface area (Å²) in [6.45, 7) is 0.533. The predicted octanol–water partition coefficient (Wildman–Crippen LogP) is 1.27. The highest BCUT2D eigenvalue weighted by Gasteiger charge is 2.21. The number of aromatic nitrogens is 1. The first-order valence-corrected chi connectivity index (χ1v) is 6.42. The SMILES string of the molecule is Cl.Cl.O=C(NCc1cscn1)C1CSCN1. The van der Waals surface area contributed by atoms with Gasteiger partial charge in [-0.15, -0.1) is 47.9 Å². The number of hydrogen-bond donors (Lipinski definition) is 2. The fourth-order valence-electron chi connectivity index (χ4n) is 1.19. The number of hydrogen-bond acceptors (Lipinski definition) is 5. The first-order valence-electron chi connectivity index (χ1n) is 4.32. The van der Waals surface area contributed by atoms with Gasteiger partial charge in [-0.2, -0.15) is 0 Å². The van der Waals surface area contributed by atoms with Gasteiger partial charge in [-0.1, -0.05) is 0 Å². The summed E-state index contributed by atoms with van der Waals surface area (Å²) >= 11 is 3.29. The average molecular weight is 302 g/mol. The molecule has 1 saturated heterocycles. The first kappa shape index (κ1) is 16.0. The van der Waals surface area contributed by atoms with Gasteiger partial charge in [-0.3, -0.25) is 10.1 Å². The van der Waals surface area contributed by atoms with Gasteiger partial charge in [0.25, 0.3) is 0 Å². The molecule has 1 fully saturated rings. The first-order chi connectivity index (χ1) is 6.86. The highest BCUT2D eigenvalue weighted by Crippen LogP contribution is 2.09. The second-order valence-corrected chi connectivity index (χ2v) is 4.72. The molecule has 1 aliphatic rings. The van der Waals surface area contributed by atoms with Gasteiger partial charge in [0.15, 0.2) is 0 Å². The van der Waals surface area contributed by atoms with E-state index in [-0.39, 0.29) is 36.8 Å². The molecule has 1 amide bonds. The summed E-state index contributed by atoms with van der Waals surface area (Å²) in [4.78, 5) is 15.6. The van der Waals surface area contributed by atoms with Crippen LogP contribution in [0.3, 0.4) is 0 Å². The Bertz CT molecular complexity index is 304. The second kappa shape index (κ2) is 8.14. The third-order valence-corrected chi connectivity index (χ3v) is 3.54. The summed E-state index contributed by atoms with van der Waals surface area (Å²) in [6.07, 6.45) is 0. The predicted molar refractivity (Wildman–Crippen MR) is 72.7 cm³/mol. The van der Waals surface area contributed by atoms with Gasteiger partial charge in [0.2, 0.25) is 5.91 Å². The van der Waals surface area contributed by atoms with Crippen LogP contribution in [0, 0.1) is 0 Å². The van der Waals surface area contributed by atoms with E-state index in [9.17, 15) is 4.79 Å². The molecule has 0 radical (unpaired) electrons. The molecule has 0 spiro atoms.